The van der Waals surface area contributed by atoms with E-state index in [0.29, 0.717) is 17.1 Å². The molecule has 0 bridgehead atoms. The molecule has 0 saturated carbocycles. The summed E-state index contributed by atoms with van der Waals surface area (Å²) in [5.41, 5.74) is 9.80. The normalized spacial score (nSPS) is 14.2. The van der Waals surface area contributed by atoms with Crippen LogP contribution in [0.2, 0.25) is 5.02 Å². The third kappa shape index (κ3) is 2.46. The molecule has 0 amide bonds. The van der Waals surface area contributed by atoms with Crippen molar-refractivity contribution >= 4 is 23.0 Å². The van der Waals surface area contributed by atoms with Crippen molar-refractivity contribution in [2.24, 2.45) is 0 Å². The lowest BCUT2D eigenvalue weighted by atomic mass is 9.99. The summed E-state index contributed by atoms with van der Waals surface area (Å²) in [6.45, 7) is 1.46. The fourth-order valence-electron chi connectivity index (χ4n) is 2.75. The second-order valence-electron chi connectivity index (χ2n) is 5.11. The first-order valence-electron chi connectivity index (χ1n) is 6.71. The van der Waals surface area contributed by atoms with E-state index in [-0.39, 0.29) is 5.82 Å². The average molecular weight is 291 g/mol. The molecule has 0 saturated heterocycles. The maximum Gasteiger partial charge on any atom is 0.129 e. The first-order chi connectivity index (χ1) is 9.65. The van der Waals surface area contributed by atoms with Crippen LogP contribution in [0.4, 0.5) is 15.8 Å². The number of hydrogen-bond acceptors (Lipinski definition) is 2. The van der Waals surface area contributed by atoms with E-state index >= 15 is 0 Å². The van der Waals surface area contributed by atoms with Gasteiger partial charge in [0, 0.05) is 35.1 Å². The van der Waals surface area contributed by atoms with Crippen LogP contribution in [-0.2, 0) is 13.0 Å². The predicted octanol–water partition coefficient (Wildman–Crippen LogP) is 4.01. The molecule has 1 aliphatic rings. The SMILES string of the molecule is Nc1cccc2c1CCCN2Cc1ccc(Cl)cc1F. The van der Waals surface area contributed by atoms with Gasteiger partial charge in [-0.1, -0.05) is 23.7 Å². The molecule has 104 valence electrons. The maximum atomic E-state index is 13.9. The molecule has 0 unspecified atom stereocenters. The lowest BCUT2D eigenvalue weighted by molar-refractivity contribution is 0.598. The lowest BCUT2D eigenvalue weighted by Gasteiger charge is -2.32. The zero-order valence-corrected chi connectivity index (χ0v) is 11.8. The van der Waals surface area contributed by atoms with E-state index in [4.69, 9.17) is 17.3 Å². The fourth-order valence-corrected chi connectivity index (χ4v) is 2.91. The van der Waals surface area contributed by atoms with Gasteiger partial charge in [-0.3, -0.25) is 0 Å². The summed E-state index contributed by atoms with van der Waals surface area (Å²) in [6, 6.07) is 10.8. The van der Waals surface area contributed by atoms with Gasteiger partial charge < -0.3 is 10.6 Å². The number of anilines is 2. The molecule has 2 aromatic carbocycles. The molecular weight excluding hydrogens is 275 g/mol. The van der Waals surface area contributed by atoms with E-state index in [1.54, 1.807) is 12.1 Å². The van der Waals surface area contributed by atoms with Gasteiger partial charge in [-0.15, -0.1) is 0 Å². The molecule has 0 radical (unpaired) electrons. The van der Waals surface area contributed by atoms with Gasteiger partial charge in [0.2, 0.25) is 0 Å². The Morgan fingerprint density at radius 3 is 2.90 bits per heavy atom. The van der Waals surface area contributed by atoms with Gasteiger partial charge in [-0.05, 0) is 42.7 Å². The molecule has 0 spiro atoms. The van der Waals surface area contributed by atoms with Crippen LogP contribution < -0.4 is 10.6 Å². The Morgan fingerprint density at radius 1 is 1.25 bits per heavy atom. The Morgan fingerprint density at radius 2 is 2.10 bits per heavy atom. The molecule has 3 rings (SSSR count). The number of nitrogen functional groups attached to an aromatic ring is 1. The number of hydrogen-bond donors (Lipinski definition) is 1. The van der Waals surface area contributed by atoms with Crippen molar-refractivity contribution in [2.75, 3.05) is 17.2 Å². The summed E-state index contributed by atoms with van der Waals surface area (Å²) in [7, 11) is 0. The van der Waals surface area contributed by atoms with Crippen LogP contribution in [0.5, 0.6) is 0 Å². The quantitative estimate of drug-likeness (QED) is 0.847. The Balaban J connectivity index is 1.91. The molecule has 0 atom stereocenters. The minimum absolute atomic E-state index is 0.256. The molecule has 0 aliphatic carbocycles. The van der Waals surface area contributed by atoms with Crippen molar-refractivity contribution in [3.8, 4) is 0 Å². The lowest BCUT2D eigenvalue weighted by Crippen LogP contribution is -2.29. The summed E-state index contributed by atoms with van der Waals surface area (Å²) in [5.74, 6) is -0.256. The Labute approximate surface area is 123 Å². The highest BCUT2D eigenvalue weighted by Gasteiger charge is 2.19. The highest BCUT2D eigenvalue weighted by Crippen LogP contribution is 2.32. The van der Waals surface area contributed by atoms with Crippen LogP contribution >= 0.6 is 11.6 Å². The number of nitrogens with two attached hydrogens (primary N) is 1. The second-order valence-corrected chi connectivity index (χ2v) is 5.54. The molecule has 1 aliphatic heterocycles. The van der Waals surface area contributed by atoms with Crippen LogP contribution in [0, 0.1) is 5.82 Å². The third-order valence-electron chi connectivity index (χ3n) is 3.76. The summed E-state index contributed by atoms with van der Waals surface area (Å²) in [6.07, 6.45) is 2.03. The minimum atomic E-state index is -0.256. The molecular formula is C16H16ClFN2. The van der Waals surface area contributed by atoms with Gasteiger partial charge in [-0.25, -0.2) is 4.39 Å². The van der Waals surface area contributed by atoms with Crippen molar-refractivity contribution in [3.05, 3.63) is 58.4 Å². The topological polar surface area (TPSA) is 29.3 Å². The third-order valence-corrected chi connectivity index (χ3v) is 3.99. The zero-order chi connectivity index (χ0) is 14.1. The highest BCUT2D eigenvalue weighted by atomic mass is 35.5. The van der Waals surface area contributed by atoms with Gasteiger partial charge in [-0.2, -0.15) is 0 Å². The molecule has 1 heterocycles. The van der Waals surface area contributed by atoms with Crippen molar-refractivity contribution in [1.82, 2.24) is 0 Å². The molecule has 0 aromatic heterocycles. The number of halogens is 2. The first-order valence-corrected chi connectivity index (χ1v) is 7.09. The van der Waals surface area contributed by atoms with Gasteiger partial charge in [0.15, 0.2) is 0 Å². The van der Waals surface area contributed by atoms with Crippen LogP contribution in [-0.4, -0.2) is 6.54 Å². The largest absolute Gasteiger partial charge is 0.398 e. The van der Waals surface area contributed by atoms with E-state index in [1.165, 1.54) is 11.6 Å². The Kier molecular flexibility index (Phi) is 3.53. The van der Waals surface area contributed by atoms with Crippen molar-refractivity contribution in [1.29, 1.82) is 0 Å². The highest BCUT2D eigenvalue weighted by molar-refractivity contribution is 6.30. The van der Waals surface area contributed by atoms with Crippen molar-refractivity contribution in [3.63, 3.8) is 0 Å². The van der Waals surface area contributed by atoms with E-state index < -0.39 is 0 Å². The van der Waals surface area contributed by atoms with Crippen molar-refractivity contribution < 1.29 is 4.39 Å². The Hall–Kier alpha value is -1.74. The fraction of sp³-hybridized carbons (Fsp3) is 0.250. The van der Waals surface area contributed by atoms with Gasteiger partial charge in [0.25, 0.3) is 0 Å². The van der Waals surface area contributed by atoms with E-state index in [9.17, 15) is 4.39 Å². The van der Waals surface area contributed by atoms with Gasteiger partial charge in [0.1, 0.15) is 5.82 Å². The molecule has 2 aromatic rings. The van der Waals surface area contributed by atoms with Crippen molar-refractivity contribution in [2.45, 2.75) is 19.4 Å². The van der Waals surface area contributed by atoms with E-state index in [1.807, 2.05) is 12.1 Å². The molecule has 2 nitrogen and oxygen atoms in total. The van der Waals surface area contributed by atoms with Gasteiger partial charge in [0.05, 0.1) is 0 Å². The van der Waals surface area contributed by atoms with Crippen LogP contribution in [0.25, 0.3) is 0 Å². The van der Waals surface area contributed by atoms with Crippen LogP contribution in [0.15, 0.2) is 36.4 Å². The maximum absolute atomic E-state index is 13.9. The number of nitrogens with zero attached hydrogens (tertiary/aromatic N) is 1. The minimum Gasteiger partial charge on any atom is -0.398 e. The van der Waals surface area contributed by atoms with Crippen LogP contribution in [0.3, 0.4) is 0 Å². The summed E-state index contributed by atoms with van der Waals surface area (Å²) in [5, 5.41) is 0.425. The number of fused-ring (bicyclic) bond motifs is 1. The van der Waals surface area contributed by atoms with E-state index in [2.05, 4.69) is 11.0 Å². The Bertz CT molecular complexity index is 642. The average Bonchev–Trinajstić information content (AvgIpc) is 2.43. The van der Waals surface area contributed by atoms with Crippen LogP contribution in [0.1, 0.15) is 17.5 Å². The summed E-state index contributed by atoms with van der Waals surface area (Å²) >= 11 is 5.79. The number of benzene rings is 2. The summed E-state index contributed by atoms with van der Waals surface area (Å²) < 4.78 is 13.9. The smallest absolute Gasteiger partial charge is 0.129 e. The summed E-state index contributed by atoms with van der Waals surface area (Å²) in [4.78, 5) is 2.18. The van der Waals surface area contributed by atoms with E-state index in [0.717, 1.165) is 30.8 Å². The first kappa shape index (κ1) is 13.3. The molecule has 2 N–H and O–H groups in total. The monoisotopic (exact) mass is 290 g/mol. The number of rotatable bonds is 2. The zero-order valence-electron chi connectivity index (χ0n) is 11.1. The molecule has 0 fully saturated rings. The van der Waals surface area contributed by atoms with Gasteiger partial charge >= 0.3 is 0 Å². The molecule has 20 heavy (non-hydrogen) atoms. The standard InChI is InChI=1S/C16H16ClFN2/c17-12-7-6-11(14(18)9-12)10-20-8-2-3-13-15(19)4-1-5-16(13)20/h1,4-7,9H,2-3,8,10,19H2. The predicted molar refractivity (Wildman–Crippen MR) is 81.6 cm³/mol. The molecule has 4 heteroatoms. The second kappa shape index (κ2) is 5.33.